The highest BCUT2D eigenvalue weighted by Gasteiger charge is 2.17. The van der Waals surface area contributed by atoms with Gasteiger partial charge in [-0.05, 0) is 12.5 Å². The van der Waals surface area contributed by atoms with Gasteiger partial charge in [0.25, 0.3) is 0 Å². The van der Waals surface area contributed by atoms with Crippen LogP contribution >= 0.6 is 0 Å². The molecule has 5 N–H and O–H groups in total. The van der Waals surface area contributed by atoms with Gasteiger partial charge in [0, 0.05) is 11.3 Å². The molecule has 0 bridgehead atoms. The van der Waals surface area contributed by atoms with Crippen LogP contribution in [0.5, 0.6) is 0 Å². The molecule has 0 radical (unpaired) electrons. The van der Waals surface area contributed by atoms with Gasteiger partial charge in [0.15, 0.2) is 0 Å². The van der Waals surface area contributed by atoms with E-state index in [0.717, 1.165) is 5.56 Å². The summed E-state index contributed by atoms with van der Waals surface area (Å²) in [5.74, 6) is -1.07. The largest absolute Gasteiger partial charge is 0.480 e. The van der Waals surface area contributed by atoms with E-state index in [1.807, 2.05) is 13.0 Å². The monoisotopic (exact) mass is 180 g/mol. The van der Waals surface area contributed by atoms with Crippen molar-refractivity contribution >= 4 is 11.7 Å². The number of anilines is 1. The molecular formula is C9H12N2O2. The summed E-state index contributed by atoms with van der Waals surface area (Å²) >= 11 is 0. The van der Waals surface area contributed by atoms with Gasteiger partial charge < -0.3 is 16.6 Å². The molecule has 0 aliphatic heterocycles. The van der Waals surface area contributed by atoms with Crippen LogP contribution in [0.15, 0.2) is 18.2 Å². The van der Waals surface area contributed by atoms with Crippen molar-refractivity contribution in [1.29, 1.82) is 0 Å². The topological polar surface area (TPSA) is 89.3 Å². The molecule has 0 aliphatic rings. The third kappa shape index (κ3) is 1.78. The first-order chi connectivity index (χ1) is 6.04. The standard InChI is InChI=1S/C9H12N2O2/c1-5-3-2-4-6(7(5)10)8(11)9(12)13/h2-4,8H,10-11H2,1H3,(H,12,13). The maximum atomic E-state index is 10.6. The molecule has 0 heterocycles. The quantitative estimate of drug-likeness (QED) is 0.583. The number of carboxylic acid groups (broad SMARTS) is 1. The maximum Gasteiger partial charge on any atom is 0.325 e. The van der Waals surface area contributed by atoms with Gasteiger partial charge in [0.2, 0.25) is 0 Å². The molecule has 1 atom stereocenters. The van der Waals surface area contributed by atoms with E-state index in [4.69, 9.17) is 16.6 Å². The van der Waals surface area contributed by atoms with Gasteiger partial charge >= 0.3 is 5.97 Å². The molecule has 1 aromatic rings. The number of para-hydroxylation sites is 1. The minimum absolute atomic E-state index is 0.456. The van der Waals surface area contributed by atoms with Gasteiger partial charge in [-0.2, -0.15) is 0 Å². The fraction of sp³-hybridized carbons (Fsp3) is 0.222. The molecule has 0 aromatic heterocycles. The molecule has 0 saturated heterocycles. The summed E-state index contributed by atoms with van der Waals surface area (Å²) in [6, 6.07) is 4.14. The molecule has 0 amide bonds. The second-order valence-corrected chi connectivity index (χ2v) is 2.89. The number of hydrogen-bond acceptors (Lipinski definition) is 3. The van der Waals surface area contributed by atoms with Crippen molar-refractivity contribution in [3.05, 3.63) is 29.3 Å². The van der Waals surface area contributed by atoms with Crippen LogP contribution < -0.4 is 11.5 Å². The number of aryl methyl sites for hydroxylation is 1. The molecule has 0 spiro atoms. The summed E-state index contributed by atoms with van der Waals surface area (Å²) < 4.78 is 0. The summed E-state index contributed by atoms with van der Waals surface area (Å²) in [6.07, 6.45) is 0. The van der Waals surface area contributed by atoms with E-state index in [1.54, 1.807) is 12.1 Å². The zero-order valence-electron chi connectivity index (χ0n) is 7.32. The highest BCUT2D eigenvalue weighted by molar-refractivity contribution is 5.78. The van der Waals surface area contributed by atoms with Crippen molar-refractivity contribution < 1.29 is 9.90 Å². The lowest BCUT2D eigenvalue weighted by Gasteiger charge is -2.11. The molecule has 4 heteroatoms. The fourth-order valence-electron chi connectivity index (χ4n) is 1.11. The Kier molecular flexibility index (Phi) is 2.53. The average Bonchev–Trinajstić information content (AvgIpc) is 2.08. The van der Waals surface area contributed by atoms with Gasteiger partial charge in [0.05, 0.1) is 0 Å². The highest BCUT2D eigenvalue weighted by Crippen LogP contribution is 2.21. The molecule has 4 nitrogen and oxygen atoms in total. The number of nitrogens with two attached hydrogens (primary N) is 2. The van der Waals surface area contributed by atoms with Crippen LogP contribution in [0.4, 0.5) is 5.69 Å². The van der Waals surface area contributed by atoms with Gasteiger partial charge in [-0.15, -0.1) is 0 Å². The molecular weight excluding hydrogens is 168 g/mol. The number of rotatable bonds is 2. The molecule has 13 heavy (non-hydrogen) atoms. The molecule has 1 unspecified atom stereocenters. The van der Waals surface area contributed by atoms with Gasteiger partial charge in [-0.25, -0.2) is 0 Å². The number of carbonyl (C=O) groups is 1. The number of nitrogen functional groups attached to an aromatic ring is 1. The second-order valence-electron chi connectivity index (χ2n) is 2.89. The third-order valence-corrected chi connectivity index (χ3v) is 1.96. The van der Waals surface area contributed by atoms with E-state index in [0.29, 0.717) is 11.3 Å². The third-order valence-electron chi connectivity index (χ3n) is 1.96. The van der Waals surface area contributed by atoms with Crippen molar-refractivity contribution in [3.8, 4) is 0 Å². The Hall–Kier alpha value is -1.55. The van der Waals surface area contributed by atoms with Gasteiger partial charge in [-0.1, -0.05) is 18.2 Å². The van der Waals surface area contributed by atoms with Crippen LogP contribution in [-0.4, -0.2) is 11.1 Å². The van der Waals surface area contributed by atoms with Crippen molar-refractivity contribution in [2.24, 2.45) is 5.73 Å². The fourth-order valence-corrected chi connectivity index (χ4v) is 1.11. The van der Waals surface area contributed by atoms with E-state index in [2.05, 4.69) is 0 Å². The predicted octanol–water partition coefficient (Wildman–Crippen LogP) is 0.662. The van der Waals surface area contributed by atoms with Crippen LogP contribution in [0.2, 0.25) is 0 Å². The van der Waals surface area contributed by atoms with Crippen molar-refractivity contribution in [3.63, 3.8) is 0 Å². The first-order valence-corrected chi connectivity index (χ1v) is 3.87. The predicted molar refractivity (Wildman–Crippen MR) is 50.2 cm³/mol. The minimum Gasteiger partial charge on any atom is -0.480 e. The molecule has 0 aliphatic carbocycles. The van der Waals surface area contributed by atoms with Crippen molar-refractivity contribution in [1.82, 2.24) is 0 Å². The Morgan fingerprint density at radius 3 is 2.69 bits per heavy atom. The Morgan fingerprint density at radius 2 is 2.15 bits per heavy atom. The Morgan fingerprint density at radius 1 is 1.54 bits per heavy atom. The van der Waals surface area contributed by atoms with Gasteiger partial charge in [-0.3, -0.25) is 4.79 Å². The van der Waals surface area contributed by atoms with Crippen LogP contribution in [0.25, 0.3) is 0 Å². The van der Waals surface area contributed by atoms with Crippen molar-refractivity contribution in [2.75, 3.05) is 5.73 Å². The SMILES string of the molecule is Cc1cccc(C(N)C(=O)O)c1N. The van der Waals surface area contributed by atoms with Crippen molar-refractivity contribution in [2.45, 2.75) is 13.0 Å². The van der Waals surface area contributed by atoms with E-state index in [9.17, 15) is 4.79 Å². The molecule has 0 saturated carbocycles. The minimum atomic E-state index is -1.07. The smallest absolute Gasteiger partial charge is 0.325 e. The van der Waals surface area contributed by atoms with E-state index < -0.39 is 12.0 Å². The zero-order chi connectivity index (χ0) is 10.0. The summed E-state index contributed by atoms with van der Waals surface area (Å²) in [4.78, 5) is 10.6. The molecule has 1 aromatic carbocycles. The Bertz CT molecular complexity index is 336. The number of hydrogen-bond donors (Lipinski definition) is 3. The average molecular weight is 180 g/mol. The van der Waals surface area contributed by atoms with E-state index in [-0.39, 0.29) is 0 Å². The zero-order valence-corrected chi connectivity index (χ0v) is 7.32. The van der Waals surface area contributed by atoms with Crippen LogP contribution in [0.3, 0.4) is 0 Å². The number of carboxylic acids is 1. The molecule has 0 fully saturated rings. The van der Waals surface area contributed by atoms with Crippen LogP contribution in [0, 0.1) is 6.92 Å². The van der Waals surface area contributed by atoms with E-state index >= 15 is 0 Å². The second kappa shape index (κ2) is 3.45. The summed E-state index contributed by atoms with van der Waals surface area (Å²) in [5, 5.41) is 8.67. The number of aliphatic carboxylic acids is 1. The van der Waals surface area contributed by atoms with Crippen LogP contribution in [0.1, 0.15) is 17.2 Å². The first-order valence-electron chi connectivity index (χ1n) is 3.87. The summed E-state index contributed by atoms with van der Waals surface area (Å²) in [7, 11) is 0. The lowest BCUT2D eigenvalue weighted by molar-refractivity contribution is -0.138. The maximum absolute atomic E-state index is 10.6. The molecule has 1 rings (SSSR count). The van der Waals surface area contributed by atoms with E-state index in [1.165, 1.54) is 0 Å². The first kappa shape index (κ1) is 9.54. The summed E-state index contributed by atoms with van der Waals surface area (Å²) in [6.45, 7) is 1.81. The summed E-state index contributed by atoms with van der Waals surface area (Å²) in [5.41, 5.74) is 12.9. The lowest BCUT2D eigenvalue weighted by Crippen LogP contribution is -2.22. The normalized spacial score (nSPS) is 12.5. The highest BCUT2D eigenvalue weighted by atomic mass is 16.4. The Balaban J connectivity index is 3.15. The molecule has 70 valence electrons. The number of benzene rings is 1. The van der Waals surface area contributed by atoms with Gasteiger partial charge in [0.1, 0.15) is 6.04 Å². The Labute approximate surface area is 76.2 Å². The lowest BCUT2D eigenvalue weighted by atomic mass is 10.0. The van der Waals surface area contributed by atoms with Crippen LogP contribution in [-0.2, 0) is 4.79 Å².